The summed E-state index contributed by atoms with van der Waals surface area (Å²) >= 11 is 0. The van der Waals surface area contributed by atoms with Gasteiger partial charge in [-0.25, -0.2) is 0 Å². The molecule has 0 aromatic rings. The molecule has 1 saturated carbocycles. The minimum Gasteiger partial charge on any atom is -0.480 e. The van der Waals surface area contributed by atoms with Gasteiger partial charge >= 0.3 is 5.97 Å². The smallest absolute Gasteiger partial charge is 0.317 e. The van der Waals surface area contributed by atoms with E-state index in [2.05, 4.69) is 6.92 Å². The Morgan fingerprint density at radius 2 is 2.05 bits per heavy atom. The van der Waals surface area contributed by atoms with E-state index in [4.69, 9.17) is 9.84 Å². The number of rotatable bonds is 6. The Morgan fingerprint density at radius 3 is 2.64 bits per heavy atom. The number of aliphatic carboxylic acids is 1. The van der Waals surface area contributed by atoms with Crippen molar-refractivity contribution in [2.24, 2.45) is 5.41 Å². The molecule has 0 radical (unpaired) electrons. The molecule has 1 heterocycles. The van der Waals surface area contributed by atoms with E-state index in [9.17, 15) is 9.59 Å². The van der Waals surface area contributed by atoms with Gasteiger partial charge in [0.25, 0.3) is 0 Å². The molecule has 1 amide bonds. The summed E-state index contributed by atoms with van der Waals surface area (Å²) < 4.78 is 5.71. The summed E-state index contributed by atoms with van der Waals surface area (Å²) in [4.78, 5) is 27.3. The third kappa shape index (κ3) is 3.98. The first-order chi connectivity index (χ1) is 10.5. The highest BCUT2D eigenvalue weighted by atomic mass is 16.5. The Labute approximate surface area is 132 Å². The standard InChI is InChI=1S/C16H28N2O4/c1-3-16(6-4-5-7-16)15(21)18-8-9-22-13(11-18)10-17(2)12-14(19)20/h13H,3-12H2,1-2H3,(H,19,20). The highest BCUT2D eigenvalue weighted by Gasteiger charge is 2.42. The van der Waals surface area contributed by atoms with Crippen LogP contribution in [0.4, 0.5) is 0 Å². The van der Waals surface area contributed by atoms with Gasteiger partial charge in [-0.15, -0.1) is 0 Å². The first-order valence-electron chi connectivity index (χ1n) is 8.28. The monoisotopic (exact) mass is 312 g/mol. The first kappa shape index (κ1) is 17.2. The topological polar surface area (TPSA) is 70.1 Å². The number of hydrogen-bond donors (Lipinski definition) is 1. The second kappa shape index (κ2) is 7.42. The highest BCUT2D eigenvalue weighted by Crippen LogP contribution is 2.42. The molecule has 0 aromatic heterocycles. The van der Waals surface area contributed by atoms with Crippen LogP contribution in [0.3, 0.4) is 0 Å². The van der Waals surface area contributed by atoms with Crippen LogP contribution in [0, 0.1) is 5.41 Å². The molecule has 1 atom stereocenters. The number of carboxylic acids is 1. The number of carboxylic acid groups (broad SMARTS) is 1. The quantitative estimate of drug-likeness (QED) is 0.798. The molecule has 1 N–H and O–H groups in total. The van der Waals surface area contributed by atoms with E-state index in [0.717, 1.165) is 32.1 Å². The molecule has 0 spiro atoms. The minimum absolute atomic E-state index is 0.00724. The third-order valence-electron chi connectivity index (χ3n) is 5.04. The van der Waals surface area contributed by atoms with E-state index >= 15 is 0 Å². The largest absolute Gasteiger partial charge is 0.480 e. The third-order valence-corrected chi connectivity index (χ3v) is 5.04. The molecule has 6 nitrogen and oxygen atoms in total. The second-order valence-corrected chi connectivity index (χ2v) is 6.68. The lowest BCUT2D eigenvalue weighted by Gasteiger charge is -2.39. The molecule has 1 unspecified atom stereocenters. The van der Waals surface area contributed by atoms with Crippen molar-refractivity contribution in [1.82, 2.24) is 9.80 Å². The number of morpholine rings is 1. The lowest BCUT2D eigenvalue weighted by molar-refractivity contribution is -0.151. The fourth-order valence-corrected chi connectivity index (χ4v) is 3.76. The van der Waals surface area contributed by atoms with Crippen molar-refractivity contribution >= 4 is 11.9 Å². The average molecular weight is 312 g/mol. The van der Waals surface area contributed by atoms with E-state index in [-0.39, 0.29) is 24.0 Å². The molecule has 6 heteroatoms. The number of amides is 1. The van der Waals surface area contributed by atoms with Gasteiger partial charge in [0.15, 0.2) is 0 Å². The van der Waals surface area contributed by atoms with Crippen molar-refractivity contribution in [3.8, 4) is 0 Å². The summed E-state index contributed by atoms with van der Waals surface area (Å²) in [6, 6.07) is 0. The summed E-state index contributed by atoms with van der Waals surface area (Å²) in [5, 5.41) is 8.82. The van der Waals surface area contributed by atoms with Gasteiger partial charge in [0.05, 0.1) is 19.3 Å². The fraction of sp³-hybridized carbons (Fsp3) is 0.875. The molecular weight excluding hydrogens is 284 g/mol. The molecule has 1 saturated heterocycles. The Hall–Kier alpha value is -1.14. The molecule has 126 valence electrons. The summed E-state index contributed by atoms with van der Waals surface area (Å²) in [6.45, 7) is 4.41. The zero-order chi connectivity index (χ0) is 16.2. The SMILES string of the molecule is CCC1(C(=O)N2CCOC(CN(C)CC(=O)O)C2)CCCC1. The summed E-state index contributed by atoms with van der Waals surface area (Å²) in [6.07, 6.45) is 5.11. The molecule has 2 aliphatic rings. The van der Waals surface area contributed by atoms with Crippen LogP contribution in [0.15, 0.2) is 0 Å². The van der Waals surface area contributed by atoms with Crippen molar-refractivity contribution in [2.45, 2.75) is 45.1 Å². The van der Waals surface area contributed by atoms with Crippen molar-refractivity contribution < 1.29 is 19.4 Å². The van der Waals surface area contributed by atoms with E-state index in [1.54, 1.807) is 11.9 Å². The molecule has 2 fully saturated rings. The Bertz CT molecular complexity index is 407. The van der Waals surface area contributed by atoms with Crippen LogP contribution in [0.5, 0.6) is 0 Å². The van der Waals surface area contributed by atoms with Crippen molar-refractivity contribution in [2.75, 3.05) is 39.8 Å². The number of carbonyl (C=O) groups excluding carboxylic acids is 1. The molecule has 1 aliphatic heterocycles. The van der Waals surface area contributed by atoms with Crippen molar-refractivity contribution in [3.05, 3.63) is 0 Å². The van der Waals surface area contributed by atoms with E-state index in [1.807, 2.05) is 4.90 Å². The minimum atomic E-state index is -0.845. The Morgan fingerprint density at radius 1 is 1.36 bits per heavy atom. The van der Waals surface area contributed by atoms with Crippen LogP contribution in [-0.4, -0.2) is 72.7 Å². The van der Waals surface area contributed by atoms with Gasteiger partial charge in [-0.1, -0.05) is 19.8 Å². The van der Waals surface area contributed by atoms with Crippen LogP contribution in [0.25, 0.3) is 0 Å². The maximum absolute atomic E-state index is 12.9. The number of hydrogen-bond acceptors (Lipinski definition) is 4. The van der Waals surface area contributed by atoms with Crippen LogP contribution < -0.4 is 0 Å². The Kier molecular flexibility index (Phi) is 5.81. The lowest BCUT2D eigenvalue weighted by atomic mass is 9.81. The summed E-state index contributed by atoms with van der Waals surface area (Å²) in [5.74, 6) is -0.566. The number of carbonyl (C=O) groups is 2. The summed E-state index contributed by atoms with van der Waals surface area (Å²) in [7, 11) is 1.77. The van der Waals surface area contributed by atoms with Crippen LogP contribution in [0.1, 0.15) is 39.0 Å². The van der Waals surface area contributed by atoms with Gasteiger partial charge in [-0.05, 0) is 26.3 Å². The number of ether oxygens (including phenoxy) is 1. The fourth-order valence-electron chi connectivity index (χ4n) is 3.76. The zero-order valence-electron chi connectivity index (χ0n) is 13.7. The van der Waals surface area contributed by atoms with Crippen LogP contribution >= 0.6 is 0 Å². The van der Waals surface area contributed by atoms with E-state index in [1.165, 1.54) is 0 Å². The molecular formula is C16H28N2O4. The number of likely N-dealkylation sites (N-methyl/N-ethyl adjacent to an activating group) is 1. The molecule has 22 heavy (non-hydrogen) atoms. The van der Waals surface area contributed by atoms with Gasteiger partial charge in [0.1, 0.15) is 0 Å². The maximum atomic E-state index is 12.9. The van der Waals surface area contributed by atoms with Gasteiger partial charge in [0, 0.05) is 25.0 Å². The second-order valence-electron chi connectivity index (χ2n) is 6.68. The van der Waals surface area contributed by atoms with Crippen molar-refractivity contribution in [1.29, 1.82) is 0 Å². The predicted molar refractivity (Wildman–Crippen MR) is 82.6 cm³/mol. The van der Waals surface area contributed by atoms with E-state index in [0.29, 0.717) is 26.2 Å². The molecule has 0 bridgehead atoms. The predicted octanol–water partition coefficient (Wildman–Crippen LogP) is 1.20. The van der Waals surface area contributed by atoms with Gasteiger partial charge < -0.3 is 14.7 Å². The Balaban J connectivity index is 1.92. The zero-order valence-corrected chi connectivity index (χ0v) is 13.7. The molecule has 1 aliphatic carbocycles. The highest BCUT2D eigenvalue weighted by molar-refractivity contribution is 5.83. The molecule has 0 aromatic carbocycles. The van der Waals surface area contributed by atoms with Crippen molar-refractivity contribution in [3.63, 3.8) is 0 Å². The normalized spacial score (nSPS) is 24.7. The molecule has 2 rings (SSSR count). The lowest BCUT2D eigenvalue weighted by Crippen LogP contribution is -2.53. The average Bonchev–Trinajstić information content (AvgIpc) is 2.96. The van der Waals surface area contributed by atoms with Gasteiger partial charge in [-0.3, -0.25) is 14.5 Å². The van der Waals surface area contributed by atoms with Crippen LogP contribution in [-0.2, 0) is 14.3 Å². The number of nitrogens with zero attached hydrogens (tertiary/aromatic N) is 2. The van der Waals surface area contributed by atoms with Crippen LogP contribution in [0.2, 0.25) is 0 Å². The first-order valence-corrected chi connectivity index (χ1v) is 8.28. The van der Waals surface area contributed by atoms with E-state index < -0.39 is 5.97 Å². The van der Waals surface area contributed by atoms with Gasteiger partial charge in [-0.2, -0.15) is 0 Å². The van der Waals surface area contributed by atoms with Gasteiger partial charge in [0.2, 0.25) is 5.91 Å². The summed E-state index contributed by atoms with van der Waals surface area (Å²) in [5.41, 5.74) is -0.158. The maximum Gasteiger partial charge on any atom is 0.317 e.